The Hall–Kier alpha value is -3.13. The van der Waals surface area contributed by atoms with E-state index in [-0.39, 0.29) is 30.8 Å². The van der Waals surface area contributed by atoms with Crippen molar-refractivity contribution in [3.05, 3.63) is 89.8 Å². The van der Waals surface area contributed by atoms with Crippen molar-refractivity contribution in [2.75, 3.05) is 6.61 Å². The lowest BCUT2D eigenvalue weighted by molar-refractivity contribution is -0.694. The Bertz CT molecular complexity index is 1160. The summed E-state index contributed by atoms with van der Waals surface area (Å²) in [6.07, 6.45) is 4.12. The van der Waals surface area contributed by atoms with Gasteiger partial charge in [0, 0.05) is 32.1 Å². The lowest BCUT2D eigenvalue weighted by Crippen LogP contribution is -2.48. The standard InChI is InChI=1S/C28H32F3N2O3/c1-21-32(16-17-33(21)20-22-10-12-25(29)13-11-22)15-6-18-36-26(34)28(35,23-7-3-2-4-8-23)24-9-5-14-27(30,31)19-24/h2-4,7-8,10-13,16-17,24,35H,5-6,9,14-15,18-20H2,1H3/q+1/t24-,28+/m1/s1. The molecule has 1 aliphatic carbocycles. The Morgan fingerprint density at radius 2 is 1.92 bits per heavy atom. The molecule has 3 aromatic rings. The normalized spacial score (nSPS) is 19.0. The van der Waals surface area contributed by atoms with Crippen molar-refractivity contribution < 1.29 is 32.4 Å². The van der Waals surface area contributed by atoms with Crippen molar-refractivity contribution in [3.63, 3.8) is 0 Å². The third-order valence-electron chi connectivity index (χ3n) is 7.06. The van der Waals surface area contributed by atoms with Gasteiger partial charge in [0.15, 0.2) is 5.60 Å². The second-order valence-corrected chi connectivity index (χ2v) is 9.56. The number of aliphatic hydroxyl groups is 1. The molecule has 1 saturated carbocycles. The number of rotatable bonds is 9. The monoisotopic (exact) mass is 501 g/mol. The minimum atomic E-state index is -2.92. The quantitative estimate of drug-likeness (QED) is 0.257. The average molecular weight is 502 g/mol. The first-order valence-electron chi connectivity index (χ1n) is 12.3. The van der Waals surface area contributed by atoms with Gasteiger partial charge in [-0.25, -0.2) is 27.1 Å². The van der Waals surface area contributed by atoms with Gasteiger partial charge >= 0.3 is 5.97 Å². The van der Waals surface area contributed by atoms with Gasteiger partial charge in [0.2, 0.25) is 5.92 Å². The van der Waals surface area contributed by atoms with E-state index in [1.54, 1.807) is 42.5 Å². The van der Waals surface area contributed by atoms with E-state index in [2.05, 4.69) is 0 Å². The number of nitrogens with zero attached hydrogens (tertiary/aromatic N) is 2. The molecule has 2 atom stereocenters. The molecule has 0 aliphatic heterocycles. The Labute approximate surface area is 209 Å². The van der Waals surface area contributed by atoms with Crippen LogP contribution < -0.4 is 4.57 Å². The SMILES string of the molecule is Cc1n(CCCOC(=O)[C@](O)(c2ccccc2)[C@@H]2CCCC(F)(F)C2)cc[n+]1Cc1ccc(F)cc1. The van der Waals surface area contributed by atoms with Gasteiger partial charge in [0.1, 0.15) is 24.8 Å². The van der Waals surface area contributed by atoms with Gasteiger partial charge in [-0.15, -0.1) is 0 Å². The molecule has 0 unspecified atom stereocenters. The van der Waals surface area contributed by atoms with Crippen molar-refractivity contribution in [2.45, 2.75) is 63.6 Å². The van der Waals surface area contributed by atoms with Crippen LogP contribution in [0.2, 0.25) is 0 Å². The molecule has 1 fully saturated rings. The fourth-order valence-corrected chi connectivity index (χ4v) is 4.98. The molecule has 0 bridgehead atoms. The molecule has 5 nitrogen and oxygen atoms in total. The number of carbonyl (C=O) groups is 1. The summed E-state index contributed by atoms with van der Waals surface area (Å²) in [6.45, 7) is 3.19. The van der Waals surface area contributed by atoms with Crippen LogP contribution in [-0.4, -0.2) is 28.2 Å². The molecule has 8 heteroatoms. The number of aromatic nitrogens is 2. The molecule has 0 saturated heterocycles. The number of alkyl halides is 2. The van der Waals surface area contributed by atoms with E-state index in [1.807, 2.05) is 28.5 Å². The number of esters is 1. The molecule has 1 aliphatic rings. The number of benzene rings is 2. The van der Waals surface area contributed by atoms with Crippen molar-refractivity contribution in [1.29, 1.82) is 0 Å². The van der Waals surface area contributed by atoms with E-state index in [0.29, 0.717) is 25.9 Å². The highest BCUT2D eigenvalue weighted by Crippen LogP contribution is 2.45. The Morgan fingerprint density at radius 1 is 1.19 bits per heavy atom. The molecule has 0 spiro atoms. The number of halogens is 3. The van der Waals surface area contributed by atoms with Gasteiger partial charge in [-0.2, -0.15) is 0 Å². The first-order valence-corrected chi connectivity index (χ1v) is 12.3. The minimum absolute atomic E-state index is 0.0483. The van der Waals surface area contributed by atoms with E-state index in [0.717, 1.165) is 11.4 Å². The summed E-state index contributed by atoms with van der Waals surface area (Å²) in [7, 11) is 0. The Kier molecular flexibility index (Phi) is 7.83. The molecule has 1 heterocycles. The van der Waals surface area contributed by atoms with Gasteiger partial charge in [0.05, 0.1) is 13.2 Å². The second-order valence-electron chi connectivity index (χ2n) is 9.56. The maximum atomic E-state index is 14.2. The van der Waals surface area contributed by atoms with Crippen LogP contribution in [0.15, 0.2) is 67.0 Å². The first kappa shape index (κ1) is 25.9. The van der Waals surface area contributed by atoms with E-state index in [4.69, 9.17) is 4.74 Å². The molecule has 36 heavy (non-hydrogen) atoms. The highest BCUT2D eigenvalue weighted by atomic mass is 19.3. The molecule has 0 radical (unpaired) electrons. The predicted molar refractivity (Wildman–Crippen MR) is 128 cm³/mol. The summed E-state index contributed by atoms with van der Waals surface area (Å²) >= 11 is 0. The van der Waals surface area contributed by atoms with Crippen molar-refractivity contribution in [1.82, 2.24) is 4.57 Å². The zero-order valence-corrected chi connectivity index (χ0v) is 20.4. The molecule has 1 N–H and O–H groups in total. The number of ether oxygens (including phenoxy) is 1. The lowest BCUT2D eigenvalue weighted by Gasteiger charge is -2.39. The summed E-state index contributed by atoms with van der Waals surface area (Å²) in [5.74, 6) is -4.01. The van der Waals surface area contributed by atoms with Crippen LogP contribution in [0.5, 0.6) is 0 Å². The Balaban J connectivity index is 1.37. The highest BCUT2D eigenvalue weighted by molar-refractivity contribution is 5.81. The minimum Gasteiger partial charge on any atom is -0.463 e. The first-order chi connectivity index (χ1) is 17.2. The zero-order chi connectivity index (χ0) is 25.8. The van der Waals surface area contributed by atoms with Crippen LogP contribution in [0.1, 0.15) is 49.1 Å². The Morgan fingerprint density at radius 3 is 2.61 bits per heavy atom. The summed E-state index contributed by atoms with van der Waals surface area (Å²) in [5, 5.41) is 11.5. The van der Waals surface area contributed by atoms with Crippen molar-refractivity contribution in [2.24, 2.45) is 5.92 Å². The third-order valence-corrected chi connectivity index (χ3v) is 7.06. The van der Waals surface area contributed by atoms with Crippen LogP contribution in [-0.2, 0) is 28.2 Å². The summed E-state index contributed by atoms with van der Waals surface area (Å²) < 4.78 is 51.0. The maximum Gasteiger partial charge on any atom is 0.343 e. The van der Waals surface area contributed by atoms with Crippen LogP contribution >= 0.6 is 0 Å². The largest absolute Gasteiger partial charge is 0.463 e. The van der Waals surface area contributed by atoms with Crippen LogP contribution in [0.4, 0.5) is 13.2 Å². The molecule has 4 rings (SSSR count). The van der Waals surface area contributed by atoms with Crippen molar-refractivity contribution in [3.8, 4) is 0 Å². The molecule has 0 amide bonds. The summed E-state index contributed by atoms with van der Waals surface area (Å²) in [5.41, 5.74) is -0.863. The number of carbonyl (C=O) groups excluding carboxylic acids is 1. The summed E-state index contributed by atoms with van der Waals surface area (Å²) in [6, 6.07) is 14.6. The molecule has 192 valence electrons. The second kappa shape index (κ2) is 10.9. The van der Waals surface area contributed by atoms with E-state index in [9.17, 15) is 23.1 Å². The van der Waals surface area contributed by atoms with E-state index < -0.39 is 29.8 Å². The maximum absolute atomic E-state index is 14.2. The molecular weight excluding hydrogens is 469 g/mol. The van der Waals surface area contributed by atoms with Crippen LogP contribution in [0.25, 0.3) is 0 Å². The zero-order valence-electron chi connectivity index (χ0n) is 20.4. The van der Waals surface area contributed by atoms with Gasteiger partial charge in [-0.3, -0.25) is 0 Å². The molecule has 2 aromatic carbocycles. The number of hydrogen-bond donors (Lipinski definition) is 1. The van der Waals surface area contributed by atoms with Gasteiger partial charge in [0.25, 0.3) is 5.82 Å². The molecular formula is C28H32F3N2O3+. The topological polar surface area (TPSA) is 55.3 Å². The van der Waals surface area contributed by atoms with Gasteiger partial charge in [-0.1, -0.05) is 42.5 Å². The molecule has 1 aromatic heterocycles. The fourth-order valence-electron chi connectivity index (χ4n) is 4.98. The van der Waals surface area contributed by atoms with E-state index >= 15 is 0 Å². The highest BCUT2D eigenvalue weighted by Gasteiger charge is 2.52. The smallest absolute Gasteiger partial charge is 0.343 e. The fraction of sp³-hybridized carbons (Fsp3) is 0.429. The van der Waals surface area contributed by atoms with Gasteiger partial charge < -0.3 is 9.84 Å². The number of imidazole rings is 1. The number of aryl methyl sites for hydroxylation is 1. The van der Waals surface area contributed by atoms with Crippen LogP contribution in [0.3, 0.4) is 0 Å². The van der Waals surface area contributed by atoms with Gasteiger partial charge in [-0.05, 0) is 36.1 Å². The lowest BCUT2D eigenvalue weighted by atomic mass is 9.72. The van der Waals surface area contributed by atoms with Crippen LogP contribution in [0, 0.1) is 18.7 Å². The van der Waals surface area contributed by atoms with Crippen molar-refractivity contribution >= 4 is 5.97 Å². The summed E-state index contributed by atoms with van der Waals surface area (Å²) in [4.78, 5) is 13.1. The number of hydrogen-bond acceptors (Lipinski definition) is 3. The van der Waals surface area contributed by atoms with E-state index in [1.165, 1.54) is 12.1 Å². The average Bonchev–Trinajstić information content (AvgIpc) is 3.21. The third kappa shape index (κ3) is 5.81. The predicted octanol–water partition coefficient (Wildman–Crippen LogP) is 4.92.